The highest BCUT2D eigenvalue weighted by Gasteiger charge is 2.20. The second-order valence-electron chi connectivity index (χ2n) is 4.48. The van der Waals surface area contributed by atoms with Crippen LogP contribution in [-0.4, -0.2) is 16.9 Å². The zero-order chi connectivity index (χ0) is 16.3. The minimum atomic E-state index is -0.680. The van der Waals surface area contributed by atoms with Gasteiger partial charge in [-0.15, -0.1) is 0 Å². The Morgan fingerprint density at radius 1 is 1.05 bits per heavy atom. The molecular weight excluding hydrogens is 290 g/mol. The first-order valence-corrected chi connectivity index (χ1v) is 6.17. The maximum absolute atomic E-state index is 11.1. The molecule has 2 rings (SSSR count). The van der Waals surface area contributed by atoms with E-state index in [1.165, 1.54) is 12.1 Å². The first kappa shape index (κ1) is 15.0. The van der Waals surface area contributed by atoms with E-state index in [1.807, 2.05) is 0 Å². The van der Waals surface area contributed by atoms with E-state index < -0.39 is 9.85 Å². The van der Waals surface area contributed by atoms with Crippen LogP contribution in [-0.2, 0) is 0 Å². The Morgan fingerprint density at radius 3 is 2.23 bits per heavy atom. The Morgan fingerprint density at radius 2 is 1.68 bits per heavy atom. The second-order valence-corrected chi connectivity index (χ2v) is 4.48. The van der Waals surface area contributed by atoms with Crippen molar-refractivity contribution in [2.45, 2.75) is 0 Å². The highest BCUT2D eigenvalue weighted by Crippen LogP contribution is 2.30. The number of hydrogen-bond donors (Lipinski definition) is 2. The van der Waals surface area contributed by atoms with Crippen molar-refractivity contribution >= 4 is 28.4 Å². The van der Waals surface area contributed by atoms with Gasteiger partial charge < -0.3 is 5.73 Å². The van der Waals surface area contributed by atoms with Gasteiger partial charge in [0.2, 0.25) is 0 Å². The molecule has 0 saturated carbocycles. The molecule has 22 heavy (non-hydrogen) atoms. The monoisotopic (exact) mass is 303 g/mol. The van der Waals surface area contributed by atoms with Gasteiger partial charge in [-0.25, -0.2) is 0 Å². The number of non-ortho nitro benzene ring substituents is 1. The molecule has 0 aromatic heterocycles. The summed E-state index contributed by atoms with van der Waals surface area (Å²) in [5.74, 6) is 0. The third kappa shape index (κ3) is 3.20. The molecule has 2 aromatic rings. The summed E-state index contributed by atoms with van der Waals surface area (Å²) >= 11 is 0. The van der Waals surface area contributed by atoms with Crippen LogP contribution >= 0.6 is 0 Å². The van der Waals surface area contributed by atoms with Crippen molar-refractivity contribution in [3.05, 3.63) is 62.7 Å². The fraction of sp³-hybridized carbons (Fsp3) is 0.0769. The van der Waals surface area contributed by atoms with E-state index in [0.29, 0.717) is 5.69 Å². The normalized spacial score (nSPS) is 10.0. The lowest BCUT2D eigenvalue weighted by Gasteiger charge is -2.21. The van der Waals surface area contributed by atoms with Crippen LogP contribution in [0.5, 0.6) is 0 Å². The van der Waals surface area contributed by atoms with Gasteiger partial charge in [0.15, 0.2) is 0 Å². The number of rotatable bonds is 5. The van der Waals surface area contributed by atoms with Gasteiger partial charge in [0.05, 0.1) is 21.6 Å². The molecule has 114 valence electrons. The molecule has 0 heterocycles. The summed E-state index contributed by atoms with van der Waals surface area (Å²) in [6.07, 6.45) is 0. The predicted octanol–water partition coefficient (Wildman–Crippen LogP) is 2.55. The Bertz CT molecular complexity index is 717. The number of nitrogens with zero attached hydrogens (tertiary/aromatic N) is 3. The highest BCUT2D eigenvalue weighted by atomic mass is 16.6. The van der Waals surface area contributed by atoms with E-state index in [0.717, 1.165) is 11.8 Å². The van der Waals surface area contributed by atoms with E-state index in [-0.39, 0.29) is 17.1 Å². The Kier molecular flexibility index (Phi) is 4.07. The fourth-order valence-corrected chi connectivity index (χ4v) is 1.82. The number of hydrazine groups is 1. The quantitative estimate of drug-likeness (QED) is 0.493. The third-order valence-corrected chi connectivity index (χ3v) is 2.96. The molecule has 9 nitrogen and oxygen atoms in total. The van der Waals surface area contributed by atoms with Gasteiger partial charge in [0.1, 0.15) is 5.69 Å². The Labute approximate surface area is 125 Å². The minimum Gasteiger partial charge on any atom is -0.399 e. The van der Waals surface area contributed by atoms with Crippen LogP contribution in [0.15, 0.2) is 42.5 Å². The van der Waals surface area contributed by atoms with Crippen molar-refractivity contribution < 1.29 is 9.85 Å². The molecule has 0 unspecified atom stereocenters. The second kappa shape index (κ2) is 5.95. The zero-order valence-corrected chi connectivity index (χ0v) is 11.6. The molecule has 9 heteroatoms. The molecule has 0 aliphatic rings. The number of nitro groups is 2. The van der Waals surface area contributed by atoms with Gasteiger partial charge in [-0.3, -0.25) is 30.7 Å². The van der Waals surface area contributed by atoms with Gasteiger partial charge in [-0.1, -0.05) is 0 Å². The molecule has 0 spiro atoms. The lowest BCUT2D eigenvalue weighted by atomic mass is 10.2. The van der Waals surface area contributed by atoms with Crippen LogP contribution in [0.25, 0.3) is 0 Å². The standard InChI is InChI=1S/C13H13N5O4/c1-16(10-4-2-9(14)3-5-10)15-12-7-6-11(17(19)20)8-13(12)18(21)22/h2-8,15H,14H2,1H3. The highest BCUT2D eigenvalue weighted by molar-refractivity contribution is 5.68. The molecule has 0 amide bonds. The fourth-order valence-electron chi connectivity index (χ4n) is 1.82. The maximum Gasteiger partial charge on any atom is 0.300 e. The Hall–Kier alpha value is -3.36. The lowest BCUT2D eigenvalue weighted by molar-refractivity contribution is -0.393. The van der Waals surface area contributed by atoms with E-state index in [9.17, 15) is 20.2 Å². The molecule has 3 N–H and O–H groups in total. The summed E-state index contributed by atoms with van der Waals surface area (Å²) in [5, 5.41) is 23.3. The van der Waals surface area contributed by atoms with Gasteiger partial charge in [-0.2, -0.15) is 0 Å². The SMILES string of the molecule is CN(Nc1ccc([N+](=O)[O-])cc1[N+](=O)[O-])c1ccc(N)cc1. The molecule has 0 radical (unpaired) electrons. The van der Waals surface area contributed by atoms with Gasteiger partial charge in [0.25, 0.3) is 5.69 Å². The average Bonchev–Trinajstić information content (AvgIpc) is 2.47. The van der Waals surface area contributed by atoms with Gasteiger partial charge in [-0.05, 0) is 30.3 Å². The molecule has 0 saturated heterocycles. The lowest BCUT2D eigenvalue weighted by Crippen LogP contribution is -2.25. The summed E-state index contributed by atoms with van der Waals surface area (Å²) in [6.45, 7) is 0. The summed E-state index contributed by atoms with van der Waals surface area (Å²) in [4.78, 5) is 20.4. The topological polar surface area (TPSA) is 128 Å². The van der Waals surface area contributed by atoms with Crippen LogP contribution < -0.4 is 16.2 Å². The minimum absolute atomic E-state index is 0.148. The Balaban J connectivity index is 2.30. The number of nitrogens with one attached hydrogen (secondary N) is 1. The van der Waals surface area contributed by atoms with Crippen molar-refractivity contribution in [1.82, 2.24) is 0 Å². The van der Waals surface area contributed by atoms with Crippen molar-refractivity contribution in [1.29, 1.82) is 0 Å². The molecule has 0 aliphatic heterocycles. The average molecular weight is 303 g/mol. The van der Waals surface area contributed by atoms with E-state index in [2.05, 4.69) is 5.43 Å². The summed E-state index contributed by atoms with van der Waals surface area (Å²) < 4.78 is 0. The maximum atomic E-state index is 11.1. The van der Waals surface area contributed by atoms with Crippen LogP contribution in [0.3, 0.4) is 0 Å². The van der Waals surface area contributed by atoms with Crippen LogP contribution in [0.4, 0.5) is 28.4 Å². The summed E-state index contributed by atoms with van der Waals surface area (Å²) in [7, 11) is 1.66. The van der Waals surface area contributed by atoms with Crippen molar-refractivity contribution in [2.24, 2.45) is 0 Å². The molecule has 0 atom stereocenters. The molecule has 0 bridgehead atoms. The first-order valence-electron chi connectivity index (χ1n) is 6.17. The van der Waals surface area contributed by atoms with Crippen molar-refractivity contribution in [3.8, 4) is 0 Å². The van der Waals surface area contributed by atoms with Crippen LogP contribution in [0.2, 0.25) is 0 Å². The number of benzene rings is 2. The molecule has 0 fully saturated rings. The number of nitrogens with two attached hydrogens (primary N) is 1. The van der Waals surface area contributed by atoms with Crippen molar-refractivity contribution in [2.75, 3.05) is 23.2 Å². The van der Waals surface area contributed by atoms with Crippen LogP contribution in [0.1, 0.15) is 0 Å². The largest absolute Gasteiger partial charge is 0.399 e. The third-order valence-electron chi connectivity index (χ3n) is 2.96. The van der Waals surface area contributed by atoms with Crippen molar-refractivity contribution in [3.63, 3.8) is 0 Å². The van der Waals surface area contributed by atoms with E-state index >= 15 is 0 Å². The summed E-state index contributed by atoms with van der Waals surface area (Å²) in [6, 6.07) is 10.3. The molecule has 0 aliphatic carbocycles. The van der Waals surface area contributed by atoms with E-state index in [1.54, 1.807) is 36.3 Å². The van der Waals surface area contributed by atoms with E-state index in [4.69, 9.17) is 5.73 Å². The number of hydrogen-bond acceptors (Lipinski definition) is 7. The summed E-state index contributed by atoms with van der Waals surface area (Å²) in [5.41, 5.74) is 9.17. The molecular formula is C13H13N5O4. The number of anilines is 3. The number of nitrogen functional groups attached to an aromatic ring is 1. The number of nitro benzene ring substituents is 2. The predicted molar refractivity (Wildman–Crippen MR) is 82.6 cm³/mol. The zero-order valence-electron chi connectivity index (χ0n) is 11.6. The van der Waals surface area contributed by atoms with Crippen LogP contribution in [0, 0.1) is 20.2 Å². The van der Waals surface area contributed by atoms with Gasteiger partial charge in [0, 0.05) is 18.8 Å². The van der Waals surface area contributed by atoms with Gasteiger partial charge >= 0.3 is 5.69 Å². The molecule has 2 aromatic carbocycles. The smallest absolute Gasteiger partial charge is 0.300 e. The first-order chi connectivity index (χ1) is 10.4.